The standard InChI is InChI=1S/C21H27N5O2S/c27-21(26-9-10-29-14-26)19-11-16(12-23-19)25-7-4-15(5-8-25)17-13-24-28-20(17)18-3-1-2-6-22-18/h1-3,6,13,15-16,19,23H,4-5,7-12,14H2/t16-,19-/m0/s1. The molecule has 5 heterocycles. The molecule has 2 aromatic rings. The highest BCUT2D eigenvalue weighted by Gasteiger charge is 2.37. The van der Waals surface area contributed by atoms with E-state index in [4.69, 9.17) is 4.52 Å². The van der Waals surface area contributed by atoms with Gasteiger partial charge in [-0.2, -0.15) is 0 Å². The molecular formula is C21H27N5O2S. The summed E-state index contributed by atoms with van der Waals surface area (Å²) in [6, 6.07) is 6.30. The van der Waals surface area contributed by atoms with Crippen molar-refractivity contribution < 1.29 is 9.32 Å². The fourth-order valence-corrected chi connectivity index (χ4v) is 5.75. The fraction of sp³-hybridized carbons (Fsp3) is 0.571. The lowest BCUT2D eigenvalue weighted by Gasteiger charge is -2.35. The molecule has 0 unspecified atom stereocenters. The number of rotatable bonds is 4. The molecule has 2 atom stereocenters. The Morgan fingerprint density at radius 3 is 2.90 bits per heavy atom. The topological polar surface area (TPSA) is 74.5 Å². The second-order valence-electron chi connectivity index (χ2n) is 8.12. The second-order valence-corrected chi connectivity index (χ2v) is 9.20. The molecular weight excluding hydrogens is 386 g/mol. The molecule has 8 heteroatoms. The monoisotopic (exact) mass is 413 g/mol. The van der Waals surface area contributed by atoms with Gasteiger partial charge in [0.15, 0.2) is 5.76 Å². The number of hydrogen-bond donors (Lipinski definition) is 1. The molecule has 0 aliphatic carbocycles. The van der Waals surface area contributed by atoms with Crippen LogP contribution in [0.5, 0.6) is 0 Å². The number of piperidine rings is 1. The predicted octanol–water partition coefficient (Wildman–Crippen LogP) is 2.18. The normalized spacial score (nSPS) is 26.3. The molecule has 0 aromatic carbocycles. The summed E-state index contributed by atoms with van der Waals surface area (Å²) in [4.78, 5) is 21.6. The fourth-order valence-electron chi connectivity index (χ4n) is 4.80. The zero-order chi connectivity index (χ0) is 19.6. The Balaban J connectivity index is 1.18. The van der Waals surface area contributed by atoms with Crippen LogP contribution >= 0.6 is 11.8 Å². The van der Waals surface area contributed by atoms with E-state index in [0.717, 1.165) is 68.5 Å². The first kappa shape index (κ1) is 19.1. The number of aromatic nitrogens is 2. The molecule has 7 nitrogen and oxygen atoms in total. The van der Waals surface area contributed by atoms with Crippen molar-refractivity contribution in [2.24, 2.45) is 0 Å². The highest BCUT2D eigenvalue weighted by molar-refractivity contribution is 7.99. The molecule has 0 bridgehead atoms. The molecule has 154 valence electrons. The Morgan fingerprint density at radius 1 is 1.24 bits per heavy atom. The van der Waals surface area contributed by atoms with E-state index < -0.39 is 0 Å². The van der Waals surface area contributed by atoms with E-state index in [-0.39, 0.29) is 11.9 Å². The molecule has 0 radical (unpaired) electrons. The minimum absolute atomic E-state index is 0.00902. The van der Waals surface area contributed by atoms with Crippen molar-refractivity contribution >= 4 is 17.7 Å². The number of thioether (sulfide) groups is 1. The second kappa shape index (κ2) is 8.45. The number of amides is 1. The van der Waals surface area contributed by atoms with Gasteiger partial charge in [0.2, 0.25) is 5.91 Å². The number of carbonyl (C=O) groups is 1. The van der Waals surface area contributed by atoms with E-state index in [1.807, 2.05) is 41.1 Å². The summed E-state index contributed by atoms with van der Waals surface area (Å²) in [7, 11) is 0. The largest absolute Gasteiger partial charge is 0.354 e. The van der Waals surface area contributed by atoms with Gasteiger partial charge in [-0.15, -0.1) is 11.8 Å². The molecule has 29 heavy (non-hydrogen) atoms. The van der Waals surface area contributed by atoms with Gasteiger partial charge in [0, 0.05) is 36.6 Å². The highest BCUT2D eigenvalue weighted by Crippen LogP contribution is 2.35. The van der Waals surface area contributed by atoms with Gasteiger partial charge in [-0.05, 0) is 50.4 Å². The van der Waals surface area contributed by atoms with Crippen LogP contribution in [0.4, 0.5) is 0 Å². The van der Waals surface area contributed by atoms with Crippen LogP contribution in [-0.4, -0.2) is 75.7 Å². The van der Waals surface area contributed by atoms with Gasteiger partial charge in [0.1, 0.15) is 5.69 Å². The van der Waals surface area contributed by atoms with Crippen molar-refractivity contribution in [1.82, 2.24) is 25.3 Å². The third kappa shape index (κ3) is 3.93. The molecule has 0 saturated carbocycles. The average molecular weight is 414 g/mol. The molecule has 2 aromatic heterocycles. The SMILES string of the molecule is O=C([C@@H]1C[C@H](N2CCC(c3cnoc3-c3ccccn3)CC2)CN1)N1CCSC1. The first-order valence-corrected chi connectivity index (χ1v) is 11.6. The van der Waals surface area contributed by atoms with Gasteiger partial charge in [-0.1, -0.05) is 11.2 Å². The lowest BCUT2D eigenvalue weighted by Crippen LogP contribution is -2.42. The maximum Gasteiger partial charge on any atom is 0.240 e. The summed E-state index contributed by atoms with van der Waals surface area (Å²) in [5.74, 6) is 3.46. The summed E-state index contributed by atoms with van der Waals surface area (Å²) >= 11 is 1.85. The zero-order valence-electron chi connectivity index (χ0n) is 16.5. The Bertz CT molecular complexity index is 831. The van der Waals surface area contributed by atoms with Crippen molar-refractivity contribution in [3.05, 3.63) is 36.2 Å². The maximum absolute atomic E-state index is 12.7. The Morgan fingerprint density at radius 2 is 2.14 bits per heavy atom. The van der Waals surface area contributed by atoms with Crippen LogP contribution in [-0.2, 0) is 4.79 Å². The minimum atomic E-state index is -0.00902. The Hall–Kier alpha value is -1.90. The van der Waals surface area contributed by atoms with Crippen LogP contribution in [0, 0.1) is 0 Å². The quantitative estimate of drug-likeness (QED) is 0.823. The molecule has 5 rings (SSSR count). The van der Waals surface area contributed by atoms with Gasteiger partial charge < -0.3 is 14.7 Å². The maximum atomic E-state index is 12.7. The Labute approximate surface area is 175 Å². The van der Waals surface area contributed by atoms with Crippen LogP contribution in [0.1, 0.15) is 30.7 Å². The first-order chi connectivity index (χ1) is 14.3. The third-order valence-electron chi connectivity index (χ3n) is 6.45. The van der Waals surface area contributed by atoms with Crippen molar-refractivity contribution in [2.45, 2.75) is 37.3 Å². The highest BCUT2D eigenvalue weighted by atomic mass is 32.2. The van der Waals surface area contributed by atoms with E-state index in [1.54, 1.807) is 6.20 Å². The van der Waals surface area contributed by atoms with Crippen molar-refractivity contribution in [3.8, 4) is 11.5 Å². The molecule has 1 amide bonds. The first-order valence-electron chi connectivity index (χ1n) is 10.5. The van der Waals surface area contributed by atoms with Crippen LogP contribution in [0.2, 0.25) is 0 Å². The van der Waals surface area contributed by atoms with E-state index in [1.165, 1.54) is 5.56 Å². The van der Waals surface area contributed by atoms with Gasteiger partial charge >= 0.3 is 0 Å². The average Bonchev–Trinajstić information content (AvgIpc) is 3.56. The van der Waals surface area contributed by atoms with Crippen molar-refractivity contribution in [1.29, 1.82) is 0 Å². The molecule has 3 aliphatic rings. The predicted molar refractivity (Wildman–Crippen MR) is 113 cm³/mol. The van der Waals surface area contributed by atoms with E-state index in [2.05, 4.69) is 20.4 Å². The number of likely N-dealkylation sites (tertiary alicyclic amines) is 1. The lowest BCUT2D eigenvalue weighted by atomic mass is 9.88. The number of nitrogens with zero attached hydrogens (tertiary/aromatic N) is 4. The summed E-state index contributed by atoms with van der Waals surface area (Å²) in [6.45, 7) is 3.90. The molecule has 1 N–H and O–H groups in total. The number of carbonyl (C=O) groups excluding carboxylic acids is 1. The van der Waals surface area contributed by atoms with Crippen LogP contribution < -0.4 is 5.32 Å². The van der Waals surface area contributed by atoms with Crippen molar-refractivity contribution in [3.63, 3.8) is 0 Å². The van der Waals surface area contributed by atoms with E-state index >= 15 is 0 Å². The molecule has 0 spiro atoms. The molecule has 3 saturated heterocycles. The summed E-state index contributed by atoms with van der Waals surface area (Å²) in [5, 5.41) is 7.53. The third-order valence-corrected chi connectivity index (χ3v) is 7.42. The lowest BCUT2D eigenvalue weighted by molar-refractivity contribution is -0.131. The number of pyridine rings is 1. The molecule has 3 aliphatic heterocycles. The smallest absolute Gasteiger partial charge is 0.240 e. The van der Waals surface area contributed by atoms with Crippen LogP contribution in [0.3, 0.4) is 0 Å². The van der Waals surface area contributed by atoms with E-state index in [0.29, 0.717) is 12.0 Å². The summed E-state index contributed by atoms with van der Waals surface area (Å²) < 4.78 is 5.54. The number of hydrogen-bond acceptors (Lipinski definition) is 7. The minimum Gasteiger partial charge on any atom is -0.354 e. The molecule has 3 fully saturated rings. The van der Waals surface area contributed by atoms with Crippen LogP contribution in [0.15, 0.2) is 35.1 Å². The number of nitrogens with one attached hydrogen (secondary N) is 1. The summed E-state index contributed by atoms with van der Waals surface area (Å²) in [6.07, 6.45) is 6.75. The van der Waals surface area contributed by atoms with E-state index in [9.17, 15) is 4.79 Å². The van der Waals surface area contributed by atoms with Gasteiger partial charge in [0.25, 0.3) is 0 Å². The summed E-state index contributed by atoms with van der Waals surface area (Å²) in [5.41, 5.74) is 2.02. The van der Waals surface area contributed by atoms with Gasteiger partial charge in [-0.3, -0.25) is 14.7 Å². The Kier molecular flexibility index (Phi) is 5.56. The van der Waals surface area contributed by atoms with Gasteiger partial charge in [-0.25, -0.2) is 0 Å². The zero-order valence-corrected chi connectivity index (χ0v) is 17.3. The van der Waals surface area contributed by atoms with Crippen LogP contribution in [0.25, 0.3) is 11.5 Å². The van der Waals surface area contributed by atoms with Crippen molar-refractivity contribution in [2.75, 3.05) is 37.8 Å². The van der Waals surface area contributed by atoms with Gasteiger partial charge in [0.05, 0.1) is 18.1 Å².